The second-order valence-corrected chi connectivity index (χ2v) is 7.18. The highest BCUT2D eigenvalue weighted by molar-refractivity contribution is 5.78. The molecule has 0 aromatic rings. The van der Waals surface area contributed by atoms with Crippen molar-refractivity contribution >= 4 is 5.78 Å². The summed E-state index contributed by atoms with van der Waals surface area (Å²) in [6, 6.07) is 0. The molecule has 124 valence electrons. The Morgan fingerprint density at radius 2 is 1.14 bits per heavy atom. The summed E-state index contributed by atoms with van der Waals surface area (Å²) >= 11 is 0. The summed E-state index contributed by atoms with van der Waals surface area (Å²) in [6.45, 7) is 2.28. The van der Waals surface area contributed by atoms with Crippen molar-refractivity contribution in [3.05, 3.63) is 0 Å². The summed E-state index contributed by atoms with van der Waals surface area (Å²) in [5.41, 5.74) is 0. The molecule has 0 saturated heterocycles. The lowest BCUT2D eigenvalue weighted by Gasteiger charge is -2.03. The minimum atomic E-state index is 0.528. The van der Waals surface area contributed by atoms with Crippen LogP contribution in [0.25, 0.3) is 0 Å². The molecule has 1 aliphatic rings. The van der Waals surface area contributed by atoms with Crippen molar-refractivity contribution in [1.82, 2.24) is 0 Å². The van der Waals surface area contributed by atoms with Gasteiger partial charge in [0.1, 0.15) is 5.78 Å². The molecule has 21 heavy (non-hydrogen) atoms. The van der Waals surface area contributed by atoms with Gasteiger partial charge < -0.3 is 0 Å². The first kappa shape index (κ1) is 18.7. The fourth-order valence-electron chi connectivity index (χ4n) is 3.09. The van der Waals surface area contributed by atoms with Gasteiger partial charge in [0, 0.05) is 12.8 Å². The third-order valence-corrected chi connectivity index (χ3v) is 4.77. The first-order valence-corrected chi connectivity index (χ1v) is 9.84. The molecule has 0 amide bonds. The Morgan fingerprint density at radius 1 is 0.714 bits per heavy atom. The number of rotatable bonds is 16. The van der Waals surface area contributed by atoms with Crippen molar-refractivity contribution in [1.29, 1.82) is 0 Å². The van der Waals surface area contributed by atoms with Crippen molar-refractivity contribution in [2.45, 2.75) is 116 Å². The Labute approximate surface area is 133 Å². The Bertz CT molecular complexity index is 242. The standard InChI is InChI=1S/C20H38O/c1-2-3-4-5-6-7-8-9-10-11-12-13-14-15-20(21)18-19-16-17-19/h19H,2-18H2,1H3. The van der Waals surface area contributed by atoms with Gasteiger partial charge >= 0.3 is 0 Å². The van der Waals surface area contributed by atoms with Gasteiger partial charge in [0.15, 0.2) is 0 Å². The molecule has 0 atom stereocenters. The topological polar surface area (TPSA) is 17.1 Å². The first-order valence-electron chi connectivity index (χ1n) is 9.84. The van der Waals surface area contributed by atoms with Crippen LogP contribution < -0.4 is 0 Å². The third kappa shape index (κ3) is 13.1. The lowest BCUT2D eigenvalue weighted by Crippen LogP contribution is -1.98. The molecule has 0 heterocycles. The van der Waals surface area contributed by atoms with Crippen LogP contribution in [-0.4, -0.2) is 5.78 Å². The predicted molar refractivity (Wildman–Crippen MR) is 92.7 cm³/mol. The highest BCUT2D eigenvalue weighted by Gasteiger charge is 2.23. The Balaban J connectivity index is 1.67. The molecular formula is C20H38O. The van der Waals surface area contributed by atoms with Crippen LogP contribution in [0.15, 0.2) is 0 Å². The average molecular weight is 295 g/mol. The van der Waals surface area contributed by atoms with Crippen molar-refractivity contribution in [2.75, 3.05) is 0 Å². The first-order chi connectivity index (χ1) is 10.3. The molecule has 0 spiro atoms. The fourth-order valence-corrected chi connectivity index (χ4v) is 3.09. The van der Waals surface area contributed by atoms with Crippen LogP contribution in [-0.2, 0) is 4.79 Å². The van der Waals surface area contributed by atoms with Gasteiger partial charge in [0.2, 0.25) is 0 Å². The number of carbonyl (C=O) groups excluding carboxylic acids is 1. The maximum Gasteiger partial charge on any atom is 0.133 e. The quantitative estimate of drug-likeness (QED) is 0.285. The molecule has 1 heteroatoms. The highest BCUT2D eigenvalue weighted by Crippen LogP contribution is 2.33. The van der Waals surface area contributed by atoms with Gasteiger partial charge in [-0.15, -0.1) is 0 Å². The maximum absolute atomic E-state index is 11.6. The lowest BCUT2D eigenvalue weighted by atomic mass is 10.0. The predicted octanol–water partition coefficient (Wildman–Crippen LogP) is 6.84. The van der Waals surface area contributed by atoms with Crippen LogP contribution in [0.4, 0.5) is 0 Å². The van der Waals surface area contributed by atoms with Gasteiger partial charge in [0.05, 0.1) is 0 Å². The van der Waals surface area contributed by atoms with E-state index in [0.29, 0.717) is 5.78 Å². The van der Waals surface area contributed by atoms with Gasteiger partial charge in [-0.05, 0) is 25.2 Å². The van der Waals surface area contributed by atoms with E-state index in [1.54, 1.807) is 0 Å². The molecule has 0 unspecified atom stereocenters. The third-order valence-electron chi connectivity index (χ3n) is 4.77. The minimum Gasteiger partial charge on any atom is -0.300 e. The largest absolute Gasteiger partial charge is 0.300 e. The van der Waals surface area contributed by atoms with E-state index >= 15 is 0 Å². The molecule has 1 saturated carbocycles. The number of Topliss-reactive ketones (excluding diaryl/α,β-unsaturated/α-hetero) is 1. The van der Waals surface area contributed by atoms with Gasteiger partial charge in [-0.25, -0.2) is 0 Å². The summed E-state index contributed by atoms with van der Waals surface area (Å²) in [7, 11) is 0. The molecule has 1 nitrogen and oxygen atoms in total. The molecule has 0 aromatic heterocycles. The maximum atomic E-state index is 11.6. The summed E-state index contributed by atoms with van der Waals surface area (Å²) in [4.78, 5) is 11.6. The normalized spacial score (nSPS) is 14.5. The highest BCUT2D eigenvalue weighted by atomic mass is 16.1. The average Bonchev–Trinajstić information content (AvgIpc) is 3.28. The molecule has 0 aromatic carbocycles. The van der Waals surface area contributed by atoms with E-state index in [1.165, 1.54) is 89.9 Å². The van der Waals surface area contributed by atoms with Crippen molar-refractivity contribution in [2.24, 2.45) is 5.92 Å². The van der Waals surface area contributed by atoms with E-state index in [4.69, 9.17) is 0 Å². The summed E-state index contributed by atoms with van der Waals surface area (Å²) in [5.74, 6) is 1.31. The lowest BCUT2D eigenvalue weighted by molar-refractivity contribution is -0.119. The van der Waals surface area contributed by atoms with Gasteiger partial charge in [-0.3, -0.25) is 4.79 Å². The van der Waals surface area contributed by atoms with E-state index in [1.807, 2.05) is 0 Å². The zero-order valence-electron chi connectivity index (χ0n) is 14.5. The molecular weight excluding hydrogens is 256 g/mol. The SMILES string of the molecule is CCCCCCCCCCCCCCCC(=O)CC1CC1. The van der Waals surface area contributed by atoms with Crippen LogP contribution in [0.5, 0.6) is 0 Å². The van der Waals surface area contributed by atoms with Crippen molar-refractivity contribution < 1.29 is 4.79 Å². The second kappa shape index (κ2) is 13.3. The minimum absolute atomic E-state index is 0.528. The van der Waals surface area contributed by atoms with E-state index in [2.05, 4.69) is 6.92 Å². The molecule has 1 rings (SSSR count). The summed E-state index contributed by atoms with van der Waals surface area (Å²) in [5, 5.41) is 0. The van der Waals surface area contributed by atoms with Crippen molar-refractivity contribution in [3.8, 4) is 0 Å². The molecule has 0 bridgehead atoms. The number of unbranched alkanes of at least 4 members (excludes halogenated alkanes) is 12. The van der Waals surface area contributed by atoms with E-state index in [9.17, 15) is 4.79 Å². The number of hydrogen-bond acceptors (Lipinski definition) is 1. The Morgan fingerprint density at radius 3 is 1.57 bits per heavy atom. The van der Waals surface area contributed by atoms with E-state index < -0.39 is 0 Å². The Hall–Kier alpha value is -0.330. The van der Waals surface area contributed by atoms with Gasteiger partial charge in [0.25, 0.3) is 0 Å². The van der Waals surface area contributed by atoms with E-state index in [-0.39, 0.29) is 0 Å². The van der Waals surface area contributed by atoms with E-state index in [0.717, 1.165) is 25.2 Å². The van der Waals surface area contributed by atoms with Crippen LogP contribution in [0.1, 0.15) is 116 Å². The molecule has 0 radical (unpaired) electrons. The smallest absolute Gasteiger partial charge is 0.133 e. The molecule has 0 N–H and O–H groups in total. The number of carbonyl (C=O) groups is 1. The zero-order chi connectivity index (χ0) is 15.2. The zero-order valence-corrected chi connectivity index (χ0v) is 14.5. The van der Waals surface area contributed by atoms with Crippen LogP contribution in [0.2, 0.25) is 0 Å². The fraction of sp³-hybridized carbons (Fsp3) is 0.950. The van der Waals surface area contributed by atoms with Crippen LogP contribution in [0, 0.1) is 5.92 Å². The number of ketones is 1. The Kier molecular flexibility index (Phi) is 11.9. The van der Waals surface area contributed by atoms with Crippen molar-refractivity contribution in [3.63, 3.8) is 0 Å². The molecule has 1 aliphatic carbocycles. The van der Waals surface area contributed by atoms with Gasteiger partial charge in [-0.1, -0.05) is 84.0 Å². The van der Waals surface area contributed by atoms with Gasteiger partial charge in [-0.2, -0.15) is 0 Å². The van der Waals surface area contributed by atoms with Crippen LogP contribution in [0.3, 0.4) is 0 Å². The summed E-state index contributed by atoms with van der Waals surface area (Å²) < 4.78 is 0. The summed E-state index contributed by atoms with van der Waals surface area (Å²) in [6.07, 6.45) is 22.3. The number of hydrogen-bond donors (Lipinski definition) is 0. The second-order valence-electron chi connectivity index (χ2n) is 7.18. The molecule has 1 fully saturated rings. The van der Waals surface area contributed by atoms with Crippen LogP contribution >= 0.6 is 0 Å². The monoisotopic (exact) mass is 294 g/mol. The molecule has 0 aliphatic heterocycles.